The molecule has 0 spiro atoms. The first-order valence-electron chi connectivity index (χ1n) is 9.03. The number of unbranched alkanes of at least 4 members (excludes halogenated alkanes) is 1. The maximum atomic E-state index is 12.4. The third-order valence-corrected chi connectivity index (χ3v) is 4.04. The van der Waals surface area contributed by atoms with Gasteiger partial charge in [0, 0.05) is 0 Å². The average Bonchev–Trinajstić information content (AvgIpc) is 2.59. The van der Waals surface area contributed by atoms with Crippen LogP contribution >= 0.6 is 0 Å². The van der Waals surface area contributed by atoms with Crippen LogP contribution < -0.4 is 9.47 Å². The molecule has 2 aromatic carbocycles. The first-order chi connectivity index (χ1) is 12.8. The summed E-state index contributed by atoms with van der Waals surface area (Å²) in [5, 5.41) is 0. The maximum Gasteiger partial charge on any atom is 0.573 e. The molecule has 148 valence electrons. The smallest absolute Gasteiger partial charge is 0.493 e. The second-order valence-corrected chi connectivity index (χ2v) is 6.66. The minimum Gasteiger partial charge on any atom is -0.493 e. The molecule has 0 amide bonds. The number of hydrogen-bond acceptors (Lipinski definition) is 3. The zero-order chi connectivity index (χ0) is 19.7. The maximum absolute atomic E-state index is 12.4. The van der Waals surface area contributed by atoms with Crippen LogP contribution in [0.15, 0.2) is 48.5 Å². The standard InChI is InChI=1S/C21H26F3NO2/c1-25(2)14-5-6-15-26-20-11-4-3-9-18(20)13-12-17-8-7-10-19(16-17)27-21(22,23)24/h3-4,7-11,16H,5-6,12-15H2,1-2H3. The molecular weight excluding hydrogens is 355 g/mol. The molecule has 0 radical (unpaired) electrons. The highest BCUT2D eigenvalue weighted by molar-refractivity contribution is 5.35. The molecule has 0 bridgehead atoms. The van der Waals surface area contributed by atoms with Gasteiger partial charge in [0.25, 0.3) is 0 Å². The Kier molecular flexibility index (Phi) is 7.98. The number of halogens is 3. The summed E-state index contributed by atoms with van der Waals surface area (Å²) in [6, 6.07) is 13.9. The van der Waals surface area contributed by atoms with Gasteiger partial charge in [-0.1, -0.05) is 30.3 Å². The van der Waals surface area contributed by atoms with E-state index in [-0.39, 0.29) is 5.75 Å². The summed E-state index contributed by atoms with van der Waals surface area (Å²) in [6.07, 6.45) is -1.34. The number of aryl methyl sites for hydroxylation is 2. The van der Waals surface area contributed by atoms with Crippen molar-refractivity contribution in [2.75, 3.05) is 27.2 Å². The second kappa shape index (κ2) is 10.2. The fourth-order valence-corrected chi connectivity index (χ4v) is 2.74. The van der Waals surface area contributed by atoms with E-state index in [0.717, 1.165) is 36.3 Å². The van der Waals surface area contributed by atoms with Crippen LogP contribution in [0.4, 0.5) is 13.2 Å². The van der Waals surface area contributed by atoms with E-state index in [0.29, 0.717) is 19.4 Å². The zero-order valence-corrected chi connectivity index (χ0v) is 15.8. The number of ether oxygens (including phenoxy) is 2. The van der Waals surface area contributed by atoms with E-state index < -0.39 is 6.36 Å². The van der Waals surface area contributed by atoms with Crippen LogP contribution in [0.25, 0.3) is 0 Å². The molecule has 0 atom stereocenters. The molecule has 2 aromatic rings. The molecule has 0 aliphatic carbocycles. The van der Waals surface area contributed by atoms with Gasteiger partial charge in [0.15, 0.2) is 0 Å². The van der Waals surface area contributed by atoms with E-state index in [1.807, 2.05) is 38.4 Å². The Labute approximate surface area is 158 Å². The minimum atomic E-state index is -4.67. The Hall–Kier alpha value is -2.21. The third kappa shape index (κ3) is 8.35. The number of nitrogens with zero attached hydrogens (tertiary/aromatic N) is 1. The van der Waals surface area contributed by atoms with E-state index in [1.165, 1.54) is 12.1 Å². The van der Waals surface area contributed by atoms with E-state index in [4.69, 9.17) is 4.74 Å². The van der Waals surface area contributed by atoms with Crippen molar-refractivity contribution in [2.45, 2.75) is 32.0 Å². The number of hydrogen-bond donors (Lipinski definition) is 0. The monoisotopic (exact) mass is 381 g/mol. The number of rotatable bonds is 10. The van der Waals surface area contributed by atoms with Crippen LogP contribution in [-0.4, -0.2) is 38.5 Å². The number of benzene rings is 2. The first-order valence-corrected chi connectivity index (χ1v) is 9.03. The quantitative estimate of drug-likeness (QED) is 0.535. The summed E-state index contributed by atoms with van der Waals surface area (Å²) >= 11 is 0. The van der Waals surface area contributed by atoms with Gasteiger partial charge in [-0.2, -0.15) is 0 Å². The van der Waals surface area contributed by atoms with Gasteiger partial charge in [-0.3, -0.25) is 0 Å². The second-order valence-electron chi connectivity index (χ2n) is 6.66. The summed E-state index contributed by atoms with van der Waals surface area (Å²) in [5.41, 5.74) is 1.84. The van der Waals surface area contributed by atoms with Crippen molar-refractivity contribution >= 4 is 0 Å². The molecule has 0 saturated carbocycles. The van der Waals surface area contributed by atoms with E-state index in [1.54, 1.807) is 12.1 Å². The zero-order valence-electron chi connectivity index (χ0n) is 15.8. The summed E-state index contributed by atoms with van der Waals surface area (Å²) in [6.45, 7) is 1.68. The minimum absolute atomic E-state index is 0.189. The van der Waals surface area contributed by atoms with Crippen molar-refractivity contribution in [3.05, 3.63) is 59.7 Å². The summed E-state index contributed by atoms with van der Waals surface area (Å²) in [5.74, 6) is 0.649. The Morgan fingerprint density at radius 1 is 0.926 bits per heavy atom. The predicted molar refractivity (Wildman–Crippen MR) is 100 cm³/mol. The molecular formula is C21H26F3NO2. The molecule has 0 heterocycles. The Bertz CT molecular complexity index is 702. The van der Waals surface area contributed by atoms with Gasteiger partial charge in [-0.15, -0.1) is 13.2 Å². The summed E-state index contributed by atoms with van der Waals surface area (Å²) in [4.78, 5) is 2.14. The van der Waals surface area contributed by atoms with Gasteiger partial charge >= 0.3 is 6.36 Å². The van der Waals surface area contributed by atoms with Crippen molar-refractivity contribution in [1.82, 2.24) is 4.90 Å². The summed E-state index contributed by atoms with van der Waals surface area (Å²) < 4.78 is 46.9. The largest absolute Gasteiger partial charge is 0.573 e. The van der Waals surface area contributed by atoms with Gasteiger partial charge in [0.1, 0.15) is 11.5 Å². The van der Waals surface area contributed by atoms with Gasteiger partial charge in [-0.05, 0) is 75.6 Å². The molecule has 6 heteroatoms. The van der Waals surface area contributed by atoms with Crippen molar-refractivity contribution in [1.29, 1.82) is 0 Å². The Morgan fingerprint density at radius 3 is 2.44 bits per heavy atom. The SMILES string of the molecule is CN(C)CCCCOc1ccccc1CCc1cccc(OC(F)(F)F)c1. The molecule has 3 nitrogen and oxygen atoms in total. The average molecular weight is 381 g/mol. The van der Waals surface area contributed by atoms with Gasteiger partial charge in [0.05, 0.1) is 6.61 Å². The molecule has 0 unspecified atom stereocenters. The fourth-order valence-electron chi connectivity index (χ4n) is 2.74. The highest BCUT2D eigenvalue weighted by Crippen LogP contribution is 2.25. The van der Waals surface area contributed by atoms with Gasteiger partial charge < -0.3 is 14.4 Å². The Balaban J connectivity index is 1.89. The van der Waals surface area contributed by atoms with Crippen molar-refractivity contribution in [3.63, 3.8) is 0 Å². The normalized spacial score (nSPS) is 11.6. The van der Waals surface area contributed by atoms with Crippen LogP contribution in [-0.2, 0) is 12.8 Å². The van der Waals surface area contributed by atoms with Crippen molar-refractivity contribution in [3.8, 4) is 11.5 Å². The van der Waals surface area contributed by atoms with Gasteiger partial charge in [0.2, 0.25) is 0 Å². The lowest BCUT2D eigenvalue weighted by Crippen LogP contribution is -2.17. The van der Waals surface area contributed by atoms with E-state index in [2.05, 4.69) is 9.64 Å². The van der Waals surface area contributed by atoms with Crippen LogP contribution in [0.2, 0.25) is 0 Å². The predicted octanol–water partition coefficient (Wildman–Crippen LogP) is 5.09. The number of alkyl halides is 3. The summed E-state index contributed by atoms with van der Waals surface area (Å²) in [7, 11) is 4.09. The molecule has 0 saturated heterocycles. The lowest BCUT2D eigenvalue weighted by molar-refractivity contribution is -0.274. The molecule has 0 aromatic heterocycles. The Morgan fingerprint density at radius 2 is 1.70 bits per heavy atom. The van der Waals surface area contributed by atoms with Crippen LogP contribution in [0.3, 0.4) is 0 Å². The highest BCUT2D eigenvalue weighted by Gasteiger charge is 2.31. The topological polar surface area (TPSA) is 21.7 Å². The van der Waals surface area contributed by atoms with E-state index in [9.17, 15) is 13.2 Å². The van der Waals surface area contributed by atoms with Crippen LogP contribution in [0.1, 0.15) is 24.0 Å². The molecule has 0 N–H and O–H groups in total. The highest BCUT2D eigenvalue weighted by atomic mass is 19.4. The molecule has 0 aliphatic heterocycles. The van der Waals surface area contributed by atoms with E-state index >= 15 is 0 Å². The molecule has 0 fully saturated rings. The number of para-hydroxylation sites is 1. The van der Waals surface area contributed by atoms with Crippen molar-refractivity contribution in [2.24, 2.45) is 0 Å². The van der Waals surface area contributed by atoms with Gasteiger partial charge in [-0.25, -0.2) is 0 Å². The lowest BCUT2D eigenvalue weighted by Gasteiger charge is -2.13. The molecule has 2 rings (SSSR count). The third-order valence-electron chi connectivity index (χ3n) is 4.04. The first kappa shape index (κ1) is 21.1. The molecule has 27 heavy (non-hydrogen) atoms. The molecule has 0 aliphatic rings. The van der Waals surface area contributed by atoms with Crippen LogP contribution in [0.5, 0.6) is 11.5 Å². The van der Waals surface area contributed by atoms with Crippen LogP contribution in [0, 0.1) is 0 Å². The van der Waals surface area contributed by atoms with Crippen molar-refractivity contribution < 1.29 is 22.6 Å². The fraction of sp³-hybridized carbons (Fsp3) is 0.429. The lowest BCUT2D eigenvalue weighted by atomic mass is 10.0.